The molecule has 0 heterocycles. The third-order valence-corrected chi connectivity index (χ3v) is 3.44. The Bertz CT molecular complexity index is 390. The Balaban J connectivity index is 2.60. The van der Waals surface area contributed by atoms with Gasteiger partial charge in [-0.15, -0.1) is 0 Å². The molecule has 100 valence electrons. The van der Waals surface area contributed by atoms with Crippen LogP contribution in [0.25, 0.3) is 0 Å². The number of likely N-dealkylation sites (N-methyl/N-ethyl adjacent to an activating group) is 1. The van der Waals surface area contributed by atoms with E-state index in [0.29, 0.717) is 11.6 Å². The minimum atomic E-state index is -0.838. The van der Waals surface area contributed by atoms with E-state index in [1.165, 1.54) is 12.8 Å². The molecule has 0 saturated heterocycles. The first-order chi connectivity index (χ1) is 8.56. The summed E-state index contributed by atoms with van der Waals surface area (Å²) in [7, 11) is 2.10. The maximum atomic E-state index is 11.1. The first-order valence-corrected chi connectivity index (χ1v) is 6.57. The zero-order chi connectivity index (χ0) is 13.5. The molecule has 0 aliphatic carbocycles. The van der Waals surface area contributed by atoms with Crippen molar-refractivity contribution in [2.75, 3.05) is 13.6 Å². The Morgan fingerprint density at radius 3 is 2.67 bits per heavy atom. The number of carboxylic acids is 1. The summed E-state index contributed by atoms with van der Waals surface area (Å²) in [5.41, 5.74) is 1.34. The van der Waals surface area contributed by atoms with Crippen molar-refractivity contribution in [3.05, 3.63) is 35.4 Å². The van der Waals surface area contributed by atoms with Crippen molar-refractivity contribution in [1.82, 2.24) is 4.90 Å². The molecule has 1 N–H and O–H groups in total. The summed E-state index contributed by atoms with van der Waals surface area (Å²) in [4.78, 5) is 13.4. The van der Waals surface area contributed by atoms with E-state index in [0.717, 1.165) is 18.5 Å². The van der Waals surface area contributed by atoms with Crippen molar-refractivity contribution in [3.8, 4) is 0 Å². The van der Waals surface area contributed by atoms with Crippen LogP contribution in [0.5, 0.6) is 0 Å². The number of hydrogen-bond donors (Lipinski definition) is 1. The van der Waals surface area contributed by atoms with E-state index in [1.807, 2.05) is 12.1 Å². The summed E-state index contributed by atoms with van der Waals surface area (Å²) in [5.74, 6) is -0.838. The number of carboxylic acid groups (broad SMARTS) is 1. The van der Waals surface area contributed by atoms with E-state index in [2.05, 4.69) is 25.8 Å². The Kier molecular flexibility index (Phi) is 5.86. The van der Waals surface area contributed by atoms with Gasteiger partial charge in [0.2, 0.25) is 0 Å². The molecule has 0 aliphatic rings. The third kappa shape index (κ3) is 4.15. The van der Waals surface area contributed by atoms with Crippen molar-refractivity contribution < 1.29 is 9.90 Å². The minimum absolute atomic E-state index is 0.425. The van der Waals surface area contributed by atoms with Gasteiger partial charge < -0.3 is 10.0 Å². The molecule has 0 saturated carbocycles. The molecule has 18 heavy (non-hydrogen) atoms. The van der Waals surface area contributed by atoms with Gasteiger partial charge >= 0.3 is 5.97 Å². The van der Waals surface area contributed by atoms with E-state index in [1.54, 1.807) is 12.1 Å². The van der Waals surface area contributed by atoms with Gasteiger partial charge in [0.1, 0.15) is 0 Å². The molecule has 1 atom stereocenters. The van der Waals surface area contributed by atoms with Crippen molar-refractivity contribution in [2.24, 2.45) is 0 Å². The predicted molar refractivity (Wildman–Crippen MR) is 74.1 cm³/mol. The average Bonchev–Trinajstić information content (AvgIpc) is 2.36. The van der Waals surface area contributed by atoms with Gasteiger partial charge in [-0.05, 0) is 38.4 Å². The van der Waals surface area contributed by atoms with E-state index in [4.69, 9.17) is 5.11 Å². The maximum absolute atomic E-state index is 11.1. The molecule has 3 nitrogen and oxygen atoms in total. The topological polar surface area (TPSA) is 40.5 Å². The molecule has 3 heteroatoms. The fourth-order valence-electron chi connectivity index (χ4n) is 2.10. The molecule has 1 rings (SSSR count). The molecular formula is C15H23NO2. The van der Waals surface area contributed by atoms with Crippen molar-refractivity contribution in [3.63, 3.8) is 0 Å². The van der Waals surface area contributed by atoms with Gasteiger partial charge in [0.25, 0.3) is 0 Å². The molecule has 0 radical (unpaired) electrons. The molecular weight excluding hydrogens is 226 g/mol. The highest BCUT2D eigenvalue weighted by Crippen LogP contribution is 2.11. The van der Waals surface area contributed by atoms with Crippen LogP contribution in [-0.4, -0.2) is 35.6 Å². The SMILES string of the molecule is CCCC(C)N(C)CCc1ccccc1C(=O)O. The van der Waals surface area contributed by atoms with Gasteiger partial charge in [0.05, 0.1) is 5.56 Å². The van der Waals surface area contributed by atoms with Crippen LogP contribution >= 0.6 is 0 Å². The van der Waals surface area contributed by atoms with E-state index in [9.17, 15) is 4.79 Å². The van der Waals surface area contributed by atoms with Crippen LogP contribution in [0.15, 0.2) is 24.3 Å². The lowest BCUT2D eigenvalue weighted by molar-refractivity contribution is 0.0695. The highest BCUT2D eigenvalue weighted by atomic mass is 16.4. The lowest BCUT2D eigenvalue weighted by Gasteiger charge is -2.24. The highest BCUT2D eigenvalue weighted by Gasteiger charge is 2.11. The number of rotatable bonds is 7. The number of hydrogen-bond acceptors (Lipinski definition) is 2. The quantitative estimate of drug-likeness (QED) is 0.807. The molecule has 0 bridgehead atoms. The van der Waals surface area contributed by atoms with E-state index >= 15 is 0 Å². The van der Waals surface area contributed by atoms with Crippen LogP contribution in [0.4, 0.5) is 0 Å². The number of carbonyl (C=O) groups is 1. The second-order valence-electron chi connectivity index (χ2n) is 4.83. The van der Waals surface area contributed by atoms with Crippen LogP contribution in [0.3, 0.4) is 0 Å². The molecule has 0 spiro atoms. The molecule has 1 aromatic rings. The summed E-state index contributed by atoms with van der Waals surface area (Å²) in [6.45, 7) is 5.29. The molecule has 0 fully saturated rings. The van der Waals surface area contributed by atoms with Crippen molar-refractivity contribution in [1.29, 1.82) is 0 Å². The Morgan fingerprint density at radius 2 is 2.06 bits per heavy atom. The van der Waals surface area contributed by atoms with Crippen molar-refractivity contribution in [2.45, 2.75) is 39.2 Å². The predicted octanol–water partition coefficient (Wildman–Crippen LogP) is 3.05. The summed E-state index contributed by atoms with van der Waals surface area (Å²) in [6.07, 6.45) is 3.14. The van der Waals surface area contributed by atoms with Crippen molar-refractivity contribution >= 4 is 5.97 Å². The van der Waals surface area contributed by atoms with Crippen LogP contribution < -0.4 is 0 Å². The summed E-state index contributed by atoms with van der Waals surface area (Å²) >= 11 is 0. The Labute approximate surface area is 109 Å². The van der Waals surface area contributed by atoms with Crippen LogP contribution in [-0.2, 0) is 6.42 Å². The average molecular weight is 249 g/mol. The lowest BCUT2D eigenvalue weighted by atomic mass is 10.0. The standard InChI is InChI=1S/C15H23NO2/c1-4-7-12(2)16(3)11-10-13-8-5-6-9-14(13)15(17)18/h5-6,8-9,12H,4,7,10-11H2,1-3H3,(H,17,18). The van der Waals surface area contributed by atoms with Crippen LogP contribution in [0.2, 0.25) is 0 Å². The Morgan fingerprint density at radius 1 is 1.39 bits per heavy atom. The summed E-state index contributed by atoms with van der Waals surface area (Å²) in [5, 5.41) is 9.11. The minimum Gasteiger partial charge on any atom is -0.478 e. The Hall–Kier alpha value is -1.35. The van der Waals surface area contributed by atoms with E-state index in [-0.39, 0.29) is 0 Å². The molecule has 0 aromatic heterocycles. The maximum Gasteiger partial charge on any atom is 0.335 e. The number of nitrogens with zero attached hydrogens (tertiary/aromatic N) is 1. The fraction of sp³-hybridized carbons (Fsp3) is 0.533. The first-order valence-electron chi connectivity index (χ1n) is 6.57. The molecule has 0 amide bonds. The smallest absolute Gasteiger partial charge is 0.335 e. The fourth-order valence-corrected chi connectivity index (χ4v) is 2.10. The van der Waals surface area contributed by atoms with E-state index < -0.39 is 5.97 Å². The van der Waals surface area contributed by atoms with Gasteiger partial charge in [-0.1, -0.05) is 31.5 Å². The normalized spacial score (nSPS) is 12.7. The zero-order valence-corrected chi connectivity index (χ0v) is 11.5. The summed E-state index contributed by atoms with van der Waals surface area (Å²) < 4.78 is 0. The van der Waals surface area contributed by atoms with Gasteiger partial charge in [0, 0.05) is 12.6 Å². The monoisotopic (exact) mass is 249 g/mol. The molecule has 1 aromatic carbocycles. The number of benzene rings is 1. The zero-order valence-electron chi connectivity index (χ0n) is 11.5. The first kappa shape index (κ1) is 14.7. The lowest BCUT2D eigenvalue weighted by Crippen LogP contribution is -2.31. The van der Waals surface area contributed by atoms with Crippen LogP contribution in [0, 0.1) is 0 Å². The highest BCUT2D eigenvalue weighted by molar-refractivity contribution is 5.89. The third-order valence-electron chi connectivity index (χ3n) is 3.44. The van der Waals surface area contributed by atoms with Gasteiger partial charge in [-0.3, -0.25) is 0 Å². The number of aromatic carboxylic acids is 1. The molecule has 0 aliphatic heterocycles. The second-order valence-corrected chi connectivity index (χ2v) is 4.83. The van der Waals surface area contributed by atoms with Crippen LogP contribution in [0.1, 0.15) is 42.6 Å². The van der Waals surface area contributed by atoms with Gasteiger partial charge in [-0.2, -0.15) is 0 Å². The summed E-state index contributed by atoms with van der Waals surface area (Å²) in [6, 6.07) is 7.80. The largest absolute Gasteiger partial charge is 0.478 e. The molecule has 1 unspecified atom stereocenters. The van der Waals surface area contributed by atoms with Gasteiger partial charge in [-0.25, -0.2) is 4.79 Å². The second kappa shape index (κ2) is 7.17. The van der Waals surface area contributed by atoms with Gasteiger partial charge in [0.15, 0.2) is 0 Å².